The summed E-state index contributed by atoms with van der Waals surface area (Å²) in [4.78, 5) is 13.1. The highest BCUT2D eigenvalue weighted by Gasteiger charge is 2.54. The predicted octanol–water partition coefficient (Wildman–Crippen LogP) is 4.40. The van der Waals surface area contributed by atoms with Gasteiger partial charge in [-0.1, -0.05) is 45.5 Å². The van der Waals surface area contributed by atoms with E-state index in [4.69, 9.17) is 0 Å². The first-order chi connectivity index (χ1) is 9.72. The minimum absolute atomic E-state index is 0.358. The van der Waals surface area contributed by atoms with Crippen molar-refractivity contribution < 1.29 is 14.3 Å². The maximum absolute atomic E-state index is 14.2. The number of amides is 1. The maximum atomic E-state index is 14.2. The molecule has 1 fully saturated rings. The summed E-state index contributed by atoms with van der Waals surface area (Å²) in [6, 6.07) is 6.43. The molecule has 1 amide bonds. The van der Waals surface area contributed by atoms with E-state index in [0.717, 1.165) is 6.42 Å². The van der Waals surface area contributed by atoms with Gasteiger partial charge in [-0.15, -0.1) is 0 Å². The molecular weight excluding hydrogens is 269 g/mol. The second-order valence-corrected chi connectivity index (χ2v) is 6.61. The molecule has 1 aliphatic rings. The van der Waals surface area contributed by atoms with Gasteiger partial charge in [-0.05, 0) is 29.9 Å². The van der Waals surface area contributed by atoms with Crippen LogP contribution in [0.15, 0.2) is 30.8 Å². The minimum atomic E-state index is -0.972. The Morgan fingerprint density at radius 3 is 2.52 bits per heavy atom. The lowest BCUT2D eigenvalue weighted by Crippen LogP contribution is -2.55. The molecule has 0 aliphatic carbocycles. The average Bonchev–Trinajstić information content (AvgIpc) is 2.84. The van der Waals surface area contributed by atoms with E-state index in [1.54, 1.807) is 18.2 Å². The van der Waals surface area contributed by atoms with Crippen LogP contribution in [0, 0.1) is 11.2 Å². The first-order valence-electron chi connectivity index (χ1n) is 7.16. The van der Waals surface area contributed by atoms with Crippen LogP contribution >= 0.6 is 0 Å². The number of hydrogen-bond acceptors (Lipinski definition) is 1. The van der Waals surface area contributed by atoms with Crippen molar-refractivity contribution in [3.05, 3.63) is 42.2 Å². The summed E-state index contributed by atoms with van der Waals surface area (Å²) in [5, 5.41) is 9.57. The molecule has 3 nitrogen and oxygen atoms in total. The van der Waals surface area contributed by atoms with E-state index in [-0.39, 0.29) is 11.2 Å². The molecule has 2 rings (SSSR count). The number of rotatable bonds is 2. The lowest BCUT2D eigenvalue weighted by Gasteiger charge is -2.48. The summed E-state index contributed by atoms with van der Waals surface area (Å²) in [5.41, 5.74) is -0.198. The highest BCUT2D eigenvalue weighted by Crippen LogP contribution is 2.51. The molecule has 1 aromatic carbocycles. The van der Waals surface area contributed by atoms with Crippen molar-refractivity contribution >= 4 is 11.7 Å². The highest BCUT2D eigenvalue weighted by molar-refractivity contribution is 5.79. The molecule has 4 heteroatoms. The van der Waals surface area contributed by atoms with E-state index in [1.807, 2.05) is 20.8 Å². The van der Waals surface area contributed by atoms with Crippen LogP contribution in [0.1, 0.15) is 39.2 Å². The number of halogens is 1. The molecule has 0 spiro atoms. The molecular formula is C17H22FNO2. The molecule has 1 N–H and O–H groups in total. The van der Waals surface area contributed by atoms with Crippen LogP contribution in [0.5, 0.6) is 0 Å². The van der Waals surface area contributed by atoms with Crippen molar-refractivity contribution in [2.75, 3.05) is 6.54 Å². The predicted molar refractivity (Wildman–Crippen MR) is 81.6 cm³/mol. The third kappa shape index (κ3) is 2.33. The number of hydrogen-bond donors (Lipinski definition) is 1. The van der Waals surface area contributed by atoms with Crippen LogP contribution in [0.2, 0.25) is 0 Å². The Kier molecular flexibility index (Phi) is 3.83. The number of benzene rings is 1. The Balaban J connectivity index is 2.60. The van der Waals surface area contributed by atoms with E-state index in [1.165, 1.54) is 11.0 Å². The van der Waals surface area contributed by atoms with Gasteiger partial charge < -0.3 is 5.11 Å². The Bertz CT molecular complexity index is 576. The molecule has 1 unspecified atom stereocenters. The summed E-state index contributed by atoms with van der Waals surface area (Å²) < 4.78 is 14.2. The maximum Gasteiger partial charge on any atom is 0.408 e. The van der Waals surface area contributed by atoms with Crippen LogP contribution in [-0.4, -0.2) is 28.2 Å². The highest BCUT2D eigenvalue weighted by atomic mass is 19.1. The van der Waals surface area contributed by atoms with Gasteiger partial charge in [0.2, 0.25) is 0 Å². The molecule has 1 aromatic rings. The number of carboxylic acid groups (broad SMARTS) is 1. The van der Waals surface area contributed by atoms with Crippen LogP contribution < -0.4 is 0 Å². The van der Waals surface area contributed by atoms with Gasteiger partial charge >= 0.3 is 6.09 Å². The van der Waals surface area contributed by atoms with E-state index in [2.05, 4.69) is 6.58 Å². The molecule has 21 heavy (non-hydrogen) atoms. The largest absolute Gasteiger partial charge is 0.465 e. The molecule has 114 valence electrons. The molecule has 1 saturated heterocycles. The topological polar surface area (TPSA) is 40.5 Å². The zero-order valence-electron chi connectivity index (χ0n) is 12.8. The van der Waals surface area contributed by atoms with Crippen molar-refractivity contribution in [3.8, 4) is 0 Å². The van der Waals surface area contributed by atoms with Crippen molar-refractivity contribution in [1.29, 1.82) is 0 Å². The zero-order chi connectivity index (χ0) is 15.8. The lowest BCUT2D eigenvalue weighted by molar-refractivity contribution is 0.0704. The summed E-state index contributed by atoms with van der Waals surface area (Å²) >= 11 is 0. The van der Waals surface area contributed by atoms with Gasteiger partial charge in [0.25, 0.3) is 0 Å². The summed E-state index contributed by atoms with van der Waals surface area (Å²) in [6.45, 7) is 10.5. The monoisotopic (exact) mass is 291 g/mol. The van der Waals surface area contributed by atoms with Crippen molar-refractivity contribution in [2.24, 2.45) is 5.41 Å². The van der Waals surface area contributed by atoms with Crippen molar-refractivity contribution in [1.82, 2.24) is 4.90 Å². The summed E-state index contributed by atoms with van der Waals surface area (Å²) in [6.07, 6.45) is 0.451. The number of nitrogens with zero attached hydrogens (tertiary/aromatic N) is 1. The second kappa shape index (κ2) is 5.17. The molecule has 0 bridgehead atoms. The molecule has 1 heterocycles. The minimum Gasteiger partial charge on any atom is -0.465 e. The third-order valence-corrected chi connectivity index (χ3v) is 4.55. The van der Waals surface area contributed by atoms with E-state index in [9.17, 15) is 14.3 Å². The van der Waals surface area contributed by atoms with E-state index >= 15 is 0 Å². The Hall–Kier alpha value is -1.84. The third-order valence-electron chi connectivity index (χ3n) is 4.55. The van der Waals surface area contributed by atoms with Gasteiger partial charge in [0, 0.05) is 12.1 Å². The van der Waals surface area contributed by atoms with Gasteiger partial charge in [0.1, 0.15) is 5.82 Å². The SMILES string of the molecule is C=C(c1ccccc1F)C1(C(C)(C)C)CCCN1C(=O)O. The molecule has 0 saturated carbocycles. The van der Waals surface area contributed by atoms with Crippen LogP contribution in [0.25, 0.3) is 5.57 Å². The molecule has 0 radical (unpaired) electrons. The second-order valence-electron chi connectivity index (χ2n) is 6.61. The fourth-order valence-electron chi connectivity index (χ4n) is 3.55. The summed E-state index contributed by atoms with van der Waals surface area (Å²) in [5.74, 6) is -0.358. The fourth-order valence-corrected chi connectivity index (χ4v) is 3.55. The average molecular weight is 291 g/mol. The first kappa shape index (κ1) is 15.5. The Morgan fingerprint density at radius 1 is 1.38 bits per heavy atom. The quantitative estimate of drug-likeness (QED) is 0.877. The van der Waals surface area contributed by atoms with E-state index in [0.29, 0.717) is 24.1 Å². The summed E-state index contributed by atoms with van der Waals surface area (Å²) in [7, 11) is 0. The van der Waals surface area contributed by atoms with Gasteiger partial charge in [-0.25, -0.2) is 9.18 Å². The normalized spacial score (nSPS) is 22.4. The van der Waals surface area contributed by atoms with Gasteiger partial charge in [0.05, 0.1) is 5.54 Å². The van der Waals surface area contributed by atoms with Gasteiger partial charge in [-0.2, -0.15) is 0 Å². The Morgan fingerprint density at radius 2 is 2.00 bits per heavy atom. The smallest absolute Gasteiger partial charge is 0.408 e. The number of likely N-dealkylation sites (tertiary alicyclic amines) is 1. The van der Waals surface area contributed by atoms with Crippen LogP contribution in [0.4, 0.5) is 9.18 Å². The fraction of sp³-hybridized carbons (Fsp3) is 0.471. The molecule has 1 atom stereocenters. The first-order valence-corrected chi connectivity index (χ1v) is 7.16. The standard InChI is InChI=1S/C17H22FNO2/c1-12(13-8-5-6-9-14(13)18)17(16(2,3)4)10-7-11-19(17)15(20)21/h5-6,8-9H,1,7,10-11H2,2-4H3,(H,20,21). The van der Waals surface area contributed by atoms with Gasteiger partial charge in [0.15, 0.2) is 0 Å². The van der Waals surface area contributed by atoms with Gasteiger partial charge in [-0.3, -0.25) is 4.90 Å². The van der Waals surface area contributed by atoms with Crippen LogP contribution in [0.3, 0.4) is 0 Å². The lowest BCUT2D eigenvalue weighted by atomic mass is 9.66. The zero-order valence-corrected chi connectivity index (χ0v) is 12.8. The van der Waals surface area contributed by atoms with Crippen molar-refractivity contribution in [2.45, 2.75) is 39.2 Å². The molecule has 1 aliphatic heterocycles. The number of carbonyl (C=O) groups is 1. The van der Waals surface area contributed by atoms with Crippen molar-refractivity contribution in [3.63, 3.8) is 0 Å². The van der Waals surface area contributed by atoms with Crippen LogP contribution in [-0.2, 0) is 0 Å². The Labute approximate surface area is 125 Å². The van der Waals surface area contributed by atoms with E-state index < -0.39 is 11.6 Å². The molecule has 0 aromatic heterocycles.